The van der Waals surface area contributed by atoms with Crippen LogP contribution in [0.1, 0.15) is 18.7 Å². The number of likely N-dealkylation sites (N-methyl/N-ethyl adjacent to an activating group) is 1. The van der Waals surface area contributed by atoms with E-state index in [0.717, 1.165) is 26.1 Å². The van der Waals surface area contributed by atoms with Gasteiger partial charge in [0.25, 0.3) is 0 Å². The molecule has 0 saturated carbocycles. The Bertz CT molecular complexity index is 317. The number of nitrogens with zero attached hydrogens (tertiary/aromatic N) is 1. The highest BCUT2D eigenvalue weighted by Gasteiger charge is 2.03. The van der Waals surface area contributed by atoms with Gasteiger partial charge in [-0.05, 0) is 30.5 Å². The fraction of sp³-hybridized carbons (Fsp3) is 0.571. The lowest BCUT2D eigenvalue weighted by atomic mass is 10.2. The maximum absolute atomic E-state index is 4.11. The van der Waals surface area contributed by atoms with Crippen LogP contribution in [0, 0.1) is 0 Å². The maximum atomic E-state index is 4.11. The molecular formula is C14H24N2S. The Balaban J connectivity index is 2.15. The Morgan fingerprint density at radius 1 is 1.53 bits per heavy atom. The summed E-state index contributed by atoms with van der Waals surface area (Å²) in [6, 6.07) is 4.85. The summed E-state index contributed by atoms with van der Waals surface area (Å²) >= 11 is 1.84. The number of rotatable bonds is 8. The molecule has 1 heterocycles. The topological polar surface area (TPSA) is 15.3 Å². The van der Waals surface area contributed by atoms with Gasteiger partial charge in [-0.1, -0.05) is 26.5 Å². The van der Waals surface area contributed by atoms with Crippen LogP contribution in [0.25, 0.3) is 0 Å². The monoisotopic (exact) mass is 252 g/mol. The lowest BCUT2D eigenvalue weighted by Crippen LogP contribution is -2.30. The van der Waals surface area contributed by atoms with Crippen LogP contribution in [0.5, 0.6) is 0 Å². The van der Waals surface area contributed by atoms with Crippen molar-refractivity contribution in [3.05, 3.63) is 34.5 Å². The number of hydrogen-bond donors (Lipinski definition) is 1. The average Bonchev–Trinajstić information content (AvgIpc) is 2.76. The highest BCUT2D eigenvalue weighted by Crippen LogP contribution is 2.09. The molecule has 3 heteroatoms. The first-order valence-corrected chi connectivity index (χ1v) is 7.07. The van der Waals surface area contributed by atoms with Gasteiger partial charge in [0.05, 0.1) is 0 Å². The van der Waals surface area contributed by atoms with Crippen LogP contribution in [-0.2, 0) is 6.42 Å². The lowest BCUT2D eigenvalue weighted by Gasteiger charge is -2.18. The van der Waals surface area contributed by atoms with Crippen LogP contribution in [0.15, 0.2) is 29.7 Å². The zero-order valence-corrected chi connectivity index (χ0v) is 12.0. The minimum atomic E-state index is 0.531. The van der Waals surface area contributed by atoms with E-state index in [9.17, 15) is 0 Å². The van der Waals surface area contributed by atoms with Crippen molar-refractivity contribution < 1.29 is 0 Å². The Morgan fingerprint density at radius 2 is 2.29 bits per heavy atom. The molecule has 1 rings (SSSR count). The van der Waals surface area contributed by atoms with Gasteiger partial charge in [0.2, 0.25) is 0 Å². The van der Waals surface area contributed by atoms with Crippen LogP contribution < -0.4 is 5.32 Å². The SMILES string of the molecule is C=C(CNC(C)C)CN(C)CCc1cccs1. The van der Waals surface area contributed by atoms with E-state index in [1.807, 2.05) is 11.3 Å². The van der Waals surface area contributed by atoms with E-state index in [1.165, 1.54) is 10.5 Å². The molecule has 2 nitrogen and oxygen atoms in total. The molecule has 0 unspecified atom stereocenters. The Hall–Kier alpha value is -0.640. The predicted molar refractivity (Wildman–Crippen MR) is 77.8 cm³/mol. The zero-order chi connectivity index (χ0) is 12.7. The fourth-order valence-electron chi connectivity index (χ4n) is 1.62. The minimum absolute atomic E-state index is 0.531. The second-order valence-corrected chi connectivity index (χ2v) is 5.88. The lowest BCUT2D eigenvalue weighted by molar-refractivity contribution is 0.363. The van der Waals surface area contributed by atoms with Crippen LogP contribution >= 0.6 is 11.3 Å². The Morgan fingerprint density at radius 3 is 2.88 bits per heavy atom. The molecule has 0 aliphatic heterocycles. The Labute approximate surface area is 109 Å². The van der Waals surface area contributed by atoms with Crippen LogP contribution in [0.3, 0.4) is 0 Å². The van der Waals surface area contributed by atoms with Crippen molar-refractivity contribution in [2.45, 2.75) is 26.3 Å². The van der Waals surface area contributed by atoms with E-state index in [4.69, 9.17) is 0 Å². The molecule has 0 aromatic carbocycles. The second-order valence-electron chi connectivity index (χ2n) is 4.85. The summed E-state index contributed by atoms with van der Waals surface area (Å²) in [7, 11) is 2.16. The van der Waals surface area contributed by atoms with Gasteiger partial charge in [-0.3, -0.25) is 0 Å². The van der Waals surface area contributed by atoms with E-state index in [2.05, 4.69) is 55.2 Å². The first kappa shape index (κ1) is 14.4. The zero-order valence-electron chi connectivity index (χ0n) is 11.2. The second kappa shape index (κ2) is 7.64. The van der Waals surface area contributed by atoms with Crippen molar-refractivity contribution in [2.75, 3.05) is 26.7 Å². The van der Waals surface area contributed by atoms with Crippen molar-refractivity contribution >= 4 is 11.3 Å². The number of nitrogens with one attached hydrogen (secondary N) is 1. The molecule has 0 spiro atoms. The molecule has 0 radical (unpaired) electrons. The van der Waals surface area contributed by atoms with Crippen molar-refractivity contribution in [1.82, 2.24) is 10.2 Å². The van der Waals surface area contributed by atoms with Gasteiger partial charge in [0.1, 0.15) is 0 Å². The third kappa shape index (κ3) is 6.61. The fourth-order valence-corrected chi connectivity index (χ4v) is 2.32. The summed E-state index contributed by atoms with van der Waals surface area (Å²) in [6.45, 7) is 11.4. The van der Waals surface area contributed by atoms with Gasteiger partial charge < -0.3 is 10.2 Å². The predicted octanol–water partition coefficient (Wildman–Crippen LogP) is 2.78. The van der Waals surface area contributed by atoms with Crippen molar-refractivity contribution in [3.63, 3.8) is 0 Å². The van der Waals surface area contributed by atoms with E-state index in [-0.39, 0.29) is 0 Å². The summed E-state index contributed by atoms with van der Waals surface area (Å²) in [4.78, 5) is 3.80. The molecular weight excluding hydrogens is 228 g/mol. The van der Waals surface area contributed by atoms with Crippen molar-refractivity contribution in [2.24, 2.45) is 0 Å². The van der Waals surface area contributed by atoms with Gasteiger partial charge in [-0.15, -0.1) is 11.3 Å². The molecule has 0 amide bonds. The van der Waals surface area contributed by atoms with Gasteiger partial charge in [0.15, 0.2) is 0 Å². The third-order valence-corrected chi connectivity index (χ3v) is 3.51. The number of thiophene rings is 1. The van der Waals surface area contributed by atoms with E-state index < -0.39 is 0 Å². The van der Waals surface area contributed by atoms with Crippen molar-refractivity contribution in [1.29, 1.82) is 0 Å². The highest BCUT2D eigenvalue weighted by molar-refractivity contribution is 7.09. The third-order valence-electron chi connectivity index (χ3n) is 2.57. The molecule has 0 fully saturated rings. The summed E-state index contributed by atoms with van der Waals surface area (Å²) in [5, 5.41) is 5.54. The number of hydrogen-bond acceptors (Lipinski definition) is 3. The van der Waals surface area contributed by atoms with Gasteiger partial charge >= 0.3 is 0 Å². The molecule has 1 N–H and O–H groups in total. The van der Waals surface area contributed by atoms with E-state index >= 15 is 0 Å². The normalized spacial score (nSPS) is 11.4. The average molecular weight is 252 g/mol. The molecule has 0 atom stereocenters. The molecule has 96 valence electrons. The quantitative estimate of drug-likeness (QED) is 0.716. The van der Waals surface area contributed by atoms with Crippen LogP contribution in [0.2, 0.25) is 0 Å². The molecule has 1 aromatic rings. The minimum Gasteiger partial charge on any atom is -0.311 e. The van der Waals surface area contributed by atoms with Crippen LogP contribution in [-0.4, -0.2) is 37.6 Å². The largest absolute Gasteiger partial charge is 0.311 e. The van der Waals surface area contributed by atoms with E-state index in [0.29, 0.717) is 6.04 Å². The van der Waals surface area contributed by atoms with E-state index in [1.54, 1.807) is 0 Å². The molecule has 0 aliphatic carbocycles. The summed E-state index contributed by atoms with van der Waals surface area (Å²) in [5.41, 5.74) is 1.26. The van der Waals surface area contributed by atoms with Crippen molar-refractivity contribution in [3.8, 4) is 0 Å². The Kier molecular flexibility index (Phi) is 6.48. The highest BCUT2D eigenvalue weighted by atomic mass is 32.1. The standard InChI is InChI=1S/C14H24N2S/c1-12(2)15-10-13(3)11-16(4)8-7-14-6-5-9-17-14/h5-6,9,12,15H,3,7-8,10-11H2,1-2,4H3. The maximum Gasteiger partial charge on any atom is 0.0199 e. The molecule has 1 aromatic heterocycles. The van der Waals surface area contributed by atoms with Crippen LogP contribution in [0.4, 0.5) is 0 Å². The summed E-state index contributed by atoms with van der Waals surface area (Å²) < 4.78 is 0. The first-order valence-electron chi connectivity index (χ1n) is 6.19. The molecule has 0 aliphatic rings. The smallest absolute Gasteiger partial charge is 0.0199 e. The molecule has 17 heavy (non-hydrogen) atoms. The first-order chi connectivity index (χ1) is 8.08. The summed E-state index contributed by atoms with van der Waals surface area (Å²) in [5.74, 6) is 0. The molecule has 0 saturated heterocycles. The van der Waals surface area contributed by atoms with Gasteiger partial charge in [-0.2, -0.15) is 0 Å². The van der Waals surface area contributed by atoms with Gasteiger partial charge in [-0.25, -0.2) is 0 Å². The summed E-state index contributed by atoms with van der Waals surface area (Å²) in [6.07, 6.45) is 1.14. The molecule has 0 bridgehead atoms. The van der Waals surface area contributed by atoms with Gasteiger partial charge in [0, 0.05) is 30.6 Å².